The van der Waals surface area contributed by atoms with Crippen molar-refractivity contribution < 1.29 is 58.9 Å². The molecule has 450 valence electrons. The molecule has 0 spiro atoms. The smallest absolute Gasteiger partial charge is 0.332 e. The van der Waals surface area contributed by atoms with Crippen LogP contribution >= 0.6 is 0 Å². The number of imide groups is 2. The number of carbonyl (C=O) groups excluding carboxylic acids is 7. The number of benzene rings is 7. The molecule has 0 saturated carbocycles. The summed E-state index contributed by atoms with van der Waals surface area (Å²) in [6.07, 6.45) is 1.29. The fourth-order valence-corrected chi connectivity index (χ4v) is 9.98. The van der Waals surface area contributed by atoms with E-state index in [0.717, 1.165) is 50.3 Å². The lowest BCUT2D eigenvalue weighted by atomic mass is 10.0. The van der Waals surface area contributed by atoms with Gasteiger partial charge in [-0.1, -0.05) is 84.9 Å². The third kappa shape index (κ3) is 15.2. The Morgan fingerprint density at radius 2 is 1.00 bits per heavy atom. The van der Waals surface area contributed by atoms with Gasteiger partial charge in [0.15, 0.2) is 0 Å². The number of H-pyrrole nitrogens is 1. The molecule has 2 atom stereocenters. The van der Waals surface area contributed by atoms with Crippen LogP contribution in [0.4, 0.5) is 15.3 Å². The first-order chi connectivity index (χ1) is 41.9. The number of phenolic OH excluding ortho intramolecular Hbond substituents is 2. The molecule has 2 aliphatic heterocycles. The van der Waals surface area contributed by atoms with Gasteiger partial charge in [0.1, 0.15) is 29.3 Å². The van der Waals surface area contributed by atoms with Crippen LogP contribution in [0.1, 0.15) is 65.3 Å². The minimum Gasteiger partial charge on any atom is -0.508 e. The van der Waals surface area contributed by atoms with E-state index in [4.69, 9.17) is 15.2 Å². The van der Waals surface area contributed by atoms with Crippen LogP contribution in [0.15, 0.2) is 175 Å². The number of hydroxylamine groups is 2. The van der Waals surface area contributed by atoms with Crippen molar-refractivity contribution in [2.75, 3.05) is 46.2 Å². The number of ether oxygens (including phenoxy) is 1. The molecule has 2 saturated heterocycles. The lowest BCUT2D eigenvalue weighted by Gasteiger charge is -2.22. The van der Waals surface area contributed by atoms with E-state index >= 15 is 0 Å². The van der Waals surface area contributed by atoms with Crippen molar-refractivity contribution in [3.05, 3.63) is 225 Å². The number of methoxy groups -OCH3 is 1. The Kier molecular flexibility index (Phi) is 20.6. The fourth-order valence-electron chi connectivity index (χ4n) is 9.98. The molecule has 8 N–H and O–H groups in total. The molecular formula is C64H66N10O13. The lowest BCUT2D eigenvalue weighted by molar-refractivity contribution is -0.128. The minimum atomic E-state index is -0.749. The van der Waals surface area contributed by atoms with Crippen LogP contribution in [0.25, 0.3) is 11.0 Å². The number of fused-ring (bicyclic) bond motifs is 1. The highest BCUT2D eigenvalue weighted by atomic mass is 16.5. The Labute approximate surface area is 500 Å². The summed E-state index contributed by atoms with van der Waals surface area (Å²) < 4.78 is 7.03. The largest absolute Gasteiger partial charge is 0.508 e. The van der Waals surface area contributed by atoms with Gasteiger partial charge in [-0.3, -0.25) is 43.9 Å². The van der Waals surface area contributed by atoms with Gasteiger partial charge in [0.25, 0.3) is 29.5 Å². The van der Waals surface area contributed by atoms with E-state index in [-0.39, 0.29) is 66.0 Å². The van der Waals surface area contributed by atoms with E-state index in [1.165, 1.54) is 16.9 Å². The van der Waals surface area contributed by atoms with Crippen LogP contribution in [-0.4, -0.2) is 145 Å². The van der Waals surface area contributed by atoms with Gasteiger partial charge in [0.05, 0.1) is 30.4 Å². The number of nitrogens with zero attached hydrogens (tertiary/aromatic N) is 6. The molecule has 10 rings (SSSR count). The van der Waals surface area contributed by atoms with Gasteiger partial charge in [-0.2, -0.15) is 0 Å². The summed E-state index contributed by atoms with van der Waals surface area (Å²) in [5.41, 5.74) is 10.2. The Hall–Kier alpha value is -10.6. The molecule has 23 heteroatoms. The molecule has 23 nitrogen and oxygen atoms in total. The number of aromatic nitrogens is 2. The van der Waals surface area contributed by atoms with E-state index in [0.29, 0.717) is 48.5 Å². The van der Waals surface area contributed by atoms with Crippen LogP contribution in [0.3, 0.4) is 0 Å². The molecule has 0 unspecified atom stereocenters. The fraction of sp³-hybridized carbons (Fsp3) is 0.219. The number of hydrogen-bond donors (Lipinski definition) is 8. The van der Waals surface area contributed by atoms with Gasteiger partial charge < -0.3 is 40.0 Å². The Morgan fingerprint density at radius 3 is 1.49 bits per heavy atom. The van der Waals surface area contributed by atoms with Crippen molar-refractivity contribution in [2.24, 2.45) is 0 Å². The predicted molar refractivity (Wildman–Crippen MR) is 321 cm³/mol. The number of imidazole rings is 1. The number of phenols is 2. The van der Waals surface area contributed by atoms with E-state index in [9.17, 15) is 48.6 Å². The summed E-state index contributed by atoms with van der Waals surface area (Å²) in [5, 5.41) is 39.0. The second-order valence-electron chi connectivity index (χ2n) is 20.7. The molecule has 0 bridgehead atoms. The number of para-hydroxylation sites is 4. The zero-order chi connectivity index (χ0) is 62.3. The van der Waals surface area contributed by atoms with E-state index in [2.05, 4.69) is 10.3 Å². The molecule has 0 aliphatic carbocycles. The van der Waals surface area contributed by atoms with Crippen molar-refractivity contribution in [1.82, 2.24) is 45.4 Å². The maximum absolute atomic E-state index is 13.5. The molecule has 2 aliphatic rings. The van der Waals surface area contributed by atoms with Crippen LogP contribution in [0.5, 0.6) is 17.2 Å². The Morgan fingerprint density at radius 1 is 0.552 bits per heavy atom. The quantitative estimate of drug-likeness (QED) is 0.0238. The topological polar surface area (TPSA) is 300 Å². The number of anilines is 1. The molecule has 1 aromatic heterocycles. The zero-order valence-corrected chi connectivity index (χ0v) is 48.1. The molecule has 8 aromatic rings. The summed E-state index contributed by atoms with van der Waals surface area (Å²) in [4.78, 5) is 110. The summed E-state index contributed by atoms with van der Waals surface area (Å²) in [6.45, 7) is 1.90. The molecule has 0 radical (unpaired) electrons. The number of carbonyl (C=O) groups is 7. The van der Waals surface area contributed by atoms with E-state index in [1.54, 1.807) is 173 Å². The second kappa shape index (κ2) is 28.8. The molecule has 3 heterocycles. The van der Waals surface area contributed by atoms with E-state index in [1.807, 2.05) is 43.3 Å². The minimum absolute atomic E-state index is 0.126. The average molecular weight is 1180 g/mol. The molecular weight excluding hydrogens is 1120 g/mol. The van der Waals surface area contributed by atoms with Crippen LogP contribution in [-0.2, 0) is 42.1 Å². The third-order valence-electron chi connectivity index (χ3n) is 14.6. The summed E-state index contributed by atoms with van der Waals surface area (Å²) in [6, 6.07) is 45.4. The number of hydrogen-bond acceptors (Lipinski definition) is 14. The maximum atomic E-state index is 13.5. The zero-order valence-electron chi connectivity index (χ0n) is 48.1. The number of amides is 9. The van der Waals surface area contributed by atoms with Crippen molar-refractivity contribution in [3.8, 4) is 17.2 Å². The first-order valence-corrected chi connectivity index (χ1v) is 27.6. The van der Waals surface area contributed by atoms with Crippen LogP contribution < -0.4 is 31.6 Å². The standard InChI is InChI=1S/C26H25N3O5.C23H28N4O5.C15H13N3O3/c1-27-24(31)19-11-7-18(8-12-19)16-28-22(15-17-9-13-20(30)14-10-17)25(32)29(26(28)33)21-5-3-4-6-23(21)34-2;1-25(2)12-3-13-26-22(30)20(14-16-6-10-19(28)11-7-16)27(23(26)31)15-17-4-8-18(9-5-17)21(29)24-32;19-14(17-21)11-7-5-10(6-8-11)9-18-13-4-2-1-3-12(13)16-15(18)20/h3-14,22,30H,15-16H2,1-2H3,(H,27,31);4-11,20,28,32H,3,12-15H2,1-2H3,(H,24,29);1-8,21H,9H2,(H,16,20)(H,17,19)/t22-;20-;/m00./s1. The monoisotopic (exact) mass is 1180 g/mol. The number of urea groups is 2. The van der Waals surface area contributed by atoms with Gasteiger partial charge in [-0.25, -0.2) is 30.2 Å². The second-order valence-corrected chi connectivity index (χ2v) is 20.7. The summed E-state index contributed by atoms with van der Waals surface area (Å²) in [7, 11) is 6.93. The Balaban J connectivity index is 0.000000174. The highest BCUT2D eigenvalue weighted by molar-refractivity contribution is 6.22. The predicted octanol–water partition coefficient (Wildman–Crippen LogP) is 6.68. The number of aromatic amines is 1. The third-order valence-corrected chi connectivity index (χ3v) is 14.6. The summed E-state index contributed by atoms with van der Waals surface area (Å²) >= 11 is 0. The summed E-state index contributed by atoms with van der Waals surface area (Å²) in [5.74, 6) is -1.30. The van der Waals surface area contributed by atoms with Gasteiger partial charge in [0.2, 0.25) is 0 Å². The van der Waals surface area contributed by atoms with Crippen molar-refractivity contribution >= 4 is 58.3 Å². The van der Waals surface area contributed by atoms with Crippen LogP contribution in [0.2, 0.25) is 0 Å². The highest BCUT2D eigenvalue weighted by Gasteiger charge is 2.47. The molecule has 7 aromatic carbocycles. The molecule has 2 fully saturated rings. The first kappa shape index (κ1) is 62.4. The van der Waals surface area contributed by atoms with Gasteiger partial charge in [0, 0.05) is 56.2 Å². The number of rotatable bonds is 19. The van der Waals surface area contributed by atoms with Gasteiger partial charge in [-0.15, -0.1) is 0 Å². The maximum Gasteiger partial charge on any atom is 0.332 e. The molecule has 87 heavy (non-hydrogen) atoms. The SMILES string of the molecule is CN(C)CCCN1C(=O)[C@H](Cc2ccc(O)cc2)N(Cc2ccc(C(=O)NO)cc2)C1=O.CNC(=O)c1ccc(CN2C(=O)N(c3ccccc3OC)C(=O)[C@@H]2Cc2ccc(O)cc2)cc1.O=C(NO)c1ccc(Cn2c(=O)[nH]c3ccccc32)cc1. The normalized spacial score (nSPS) is 14.6. The molecule has 9 amide bonds. The van der Waals surface area contributed by atoms with Gasteiger partial charge >= 0.3 is 17.8 Å². The van der Waals surface area contributed by atoms with Gasteiger partial charge in [-0.05, 0) is 140 Å². The number of nitrogens with one attached hydrogen (secondary N) is 4. The van der Waals surface area contributed by atoms with Crippen molar-refractivity contribution in [3.63, 3.8) is 0 Å². The van der Waals surface area contributed by atoms with E-state index < -0.39 is 29.9 Å². The van der Waals surface area contributed by atoms with Crippen molar-refractivity contribution in [2.45, 2.75) is 51.0 Å². The van der Waals surface area contributed by atoms with Crippen LogP contribution in [0, 0.1) is 0 Å². The lowest BCUT2D eigenvalue weighted by Crippen LogP contribution is -2.36. The average Bonchev–Trinajstić information content (AvgIpc) is 2.22. The highest BCUT2D eigenvalue weighted by Crippen LogP contribution is 2.35. The first-order valence-electron chi connectivity index (χ1n) is 27.6. The van der Waals surface area contributed by atoms with Crippen molar-refractivity contribution in [1.29, 1.82) is 0 Å². The number of aromatic hydroxyl groups is 2. The Bertz CT molecular complexity index is 3800.